The minimum Gasteiger partial charge on any atom is -0.462 e. The largest absolute Gasteiger partial charge is 0.462 e. The Hall–Kier alpha value is -7.67. The Morgan fingerprint density at radius 1 is 0.707 bits per heavy atom. The smallest absolute Gasteiger partial charge is 0.246 e. The third kappa shape index (κ3) is 18.7. The van der Waals surface area contributed by atoms with E-state index in [9.17, 15) is 90.4 Å². The highest BCUT2D eigenvalue weighted by Gasteiger charge is 2.54. The summed E-state index contributed by atoms with van der Waals surface area (Å²) in [5.74, 6) is -6.53. The lowest BCUT2D eigenvalue weighted by atomic mass is 9.93. The average molecular weight is 1400 g/mol. The van der Waals surface area contributed by atoms with Crippen LogP contribution in [-0.2, 0) is 54.1 Å². The van der Waals surface area contributed by atoms with Gasteiger partial charge in [-0.15, -0.1) is 0 Å². The molecular weight excluding hydrogens is 1310 g/mol. The summed E-state index contributed by atoms with van der Waals surface area (Å²) in [5, 5.41) is 176. The minimum absolute atomic E-state index is 0.0420. The van der Waals surface area contributed by atoms with Crippen LogP contribution in [0.15, 0.2) is 84.9 Å². The number of anilines is 1. The number of nitrogens with two attached hydrogens (primary N) is 1. The van der Waals surface area contributed by atoms with Crippen LogP contribution < -0.4 is 52.6 Å². The average Bonchev–Trinajstić information content (AvgIpc) is 1.76. The van der Waals surface area contributed by atoms with Crippen LogP contribution in [0.2, 0.25) is 0 Å². The van der Waals surface area contributed by atoms with Crippen molar-refractivity contribution in [1.29, 1.82) is 10.8 Å². The van der Waals surface area contributed by atoms with Gasteiger partial charge in [-0.3, -0.25) is 34.8 Å². The third-order valence-corrected chi connectivity index (χ3v) is 17.8. The summed E-state index contributed by atoms with van der Waals surface area (Å²) in [5.41, 5.74) is 9.32. The summed E-state index contributed by atoms with van der Waals surface area (Å²) in [6.45, 7) is -2.07. The Bertz CT molecular complexity index is 3200. The molecule has 99 heavy (non-hydrogen) atoms. The number of hydrogen-bond acceptors (Lipinski definition) is 28. The summed E-state index contributed by atoms with van der Waals surface area (Å²) in [4.78, 5) is 72.9. The molecule has 0 bridgehead atoms. The molecule has 0 saturated carbocycles. The van der Waals surface area contributed by atoms with E-state index in [4.69, 9.17) is 45.0 Å². The molecule has 5 aliphatic rings. The number of hydrogen-bond donors (Lipinski definition) is 23. The molecule has 36 heteroatoms. The van der Waals surface area contributed by atoms with Crippen molar-refractivity contribution in [2.75, 3.05) is 65.1 Å². The van der Waals surface area contributed by atoms with Crippen molar-refractivity contribution in [3.05, 3.63) is 102 Å². The molecule has 5 saturated heterocycles. The van der Waals surface area contributed by atoms with Gasteiger partial charge in [0.25, 0.3) is 0 Å². The maximum Gasteiger partial charge on any atom is 0.246 e. The standard InChI is InChI=1S/C63H89N12O24/c1-28(31-9-5-4-6-10-31)41(64)56(91)70-35(20-30-13-17-34(18-14-30)95-60-53(89)50(86)54(39(26-79)97-60)99-61-52(88)49(85)47(83)40(98-61)27-94-19-7-8-29-11-15-33(16-12-29)74(2)3)55(90)72-42(44(80)36-21-67-62(65)71-36)58(93)73-43(57(92)69-32(23-76)24-77)45(81)37-22-68-63(66)75(37)59-51(87)48(84)46(82)38(25-78)96-59/h4-18,28,32,35-54,59-61,76,78-89H,19-23,25-27,64H2,1-3H3,(H2,66,68)(H,69,92)(H,70,91)(H,72,90)(H,73,93)(H3,65,67,71)/t28?,32-,35-,36?,37?,38?,39?,40?,41-,42-,43-,44?,45?,46?,47?,48?,49?,50?,51?,52?,53?,54?,59?,60?,61?/m0/s1. The normalized spacial score (nSPS) is 31.0. The van der Waals surface area contributed by atoms with E-state index in [1.165, 1.54) is 30.6 Å². The van der Waals surface area contributed by atoms with E-state index in [2.05, 4.69) is 37.2 Å². The summed E-state index contributed by atoms with van der Waals surface area (Å²) in [6, 6.07) is 9.62. The Balaban J connectivity index is 0.993. The van der Waals surface area contributed by atoms with E-state index < -0.39 is 215 Å². The van der Waals surface area contributed by atoms with Crippen molar-refractivity contribution in [1.82, 2.24) is 42.1 Å². The van der Waals surface area contributed by atoms with Crippen LogP contribution >= 0.6 is 0 Å². The number of rotatable bonds is 31. The lowest BCUT2D eigenvalue weighted by Gasteiger charge is -2.46. The Morgan fingerprint density at radius 3 is 1.95 bits per heavy atom. The fourth-order valence-corrected chi connectivity index (χ4v) is 11.8. The van der Waals surface area contributed by atoms with Gasteiger partial charge in [-0.2, -0.15) is 0 Å². The van der Waals surface area contributed by atoms with Crippen molar-refractivity contribution in [2.24, 2.45) is 5.73 Å². The second-order valence-corrected chi connectivity index (χ2v) is 24.7. The number of carbonyl (C=O) groups excluding carboxylic acids is 5. The number of aliphatic hydroxyl groups excluding tert-OH is 13. The summed E-state index contributed by atoms with van der Waals surface area (Å²) >= 11 is 0. The fourth-order valence-electron chi connectivity index (χ4n) is 11.8. The van der Waals surface area contributed by atoms with Gasteiger partial charge in [0, 0.05) is 45.2 Å². The number of nitrogens with one attached hydrogen (secondary N) is 9. The molecule has 4 amide bonds. The van der Waals surface area contributed by atoms with E-state index in [1.807, 2.05) is 49.3 Å². The topological polar surface area (TPSA) is 568 Å². The van der Waals surface area contributed by atoms with E-state index >= 15 is 0 Å². The van der Waals surface area contributed by atoms with Crippen LogP contribution in [0.3, 0.4) is 0 Å². The van der Waals surface area contributed by atoms with Crippen molar-refractivity contribution in [3.8, 4) is 5.75 Å². The predicted octanol–water partition coefficient (Wildman–Crippen LogP) is -9.57. The van der Waals surface area contributed by atoms with Crippen molar-refractivity contribution in [3.63, 3.8) is 0 Å². The lowest BCUT2D eigenvalue weighted by molar-refractivity contribution is -0.353. The van der Waals surface area contributed by atoms with Gasteiger partial charge >= 0.3 is 0 Å². The minimum atomic E-state index is -2.29. The molecule has 1 radical (unpaired) electrons. The second-order valence-electron chi connectivity index (χ2n) is 24.7. The second kappa shape index (κ2) is 35.1. The molecular formula is C63H89N12O24. The molecule has 5 aliphatic heterocycles. The van der Waals surface area contributed by atoms with Crippen LogP contribution in [0, 0.1) is 10.8 Å². The first-order chi connectivity index (χ1) is 47.2. The van der Waals surface area contributed by atoms with Gasteiger partial charge in [-0.05, 0) is 41.0 Å². The first kappa shape index (κ1) is 77.1. The van der Waals surface area contributed by atoms with Crippen molar-refractivity contribution >= 4 is 53.6 Å². The lowest BCUT2D eigenvalue weighted by Crippen LogP contribution is -2.69. The monoisotopic (exact) mass is 1400 g/mol. The molecule has 20 unspecified atom stereocenters. The summed E-state index contributed by atoms with van der Waals surface area (Å²) < 4.78 is 34.8. The number of benzene rings is 3. The Labute approximate surface area is 567 Å². The van der Waals surface area contributed by atoms with Crippen LogP contribution in [0.25, 0.3) is 6.08 Å². The maximum absolute atomic E-state index is 15.0. The number of aliphatic hydroxyl groups is 13. The highest BCUT2D eigenvalue weighted by atomic mass is 16.7. The van der Waals surface area contributed by atoms with Crippen LogP contribution in [0.5, 0.6) is 5.75 Å². The number of amides is 4. The van der Waals surface area contributed by atoms with E-state index in [-0.39, 0.29) is 37.0 Å². The summed E-state index contributed by atoms with van der Waals surface area (Å²) in [7, 11) is 3.84. The van der Waals surface area contributed by atoms with Gasteiger partial charge in [0.1, 0.15) is 115 Å². The zero-order chi connectivity index (χ0) is 72.1. The van der Waals surface area contributed by atoms with Crippen molar-refractivity contribution < 1.29 is 119 Å². The molecule has 8 rings (SSSR count). The Morgan fingerprint density at radius 2 is 1.32 bits per heavy atom. The van der Waals surface area contributed by atoms with Gasteiger partial charge in [0.05, 0.1) is 51.2 Å². The predicted molar refractivity (Wildman–Crippen MR) is 344 cm³/mol. The van der Waals surface area contributed by atoms with E-state index in [1.54, 1.807) is 43.3 Å². The van der Waals surface area contributed by atoms with Gasteiger partial charge in [-0.1, -0.05) is 73.7 Å². The molecule has 5 fully saturated rings. The molecule has 0 spiro atoms. The van der Waals surface area contributed by atoms with Gasteiger partial charge in [0.2, 0.25) is 36.2 Å². The molecule has 0 aliphatic carbocycles. The molecule has 0 aromatic heterocycles. The fraction of sp³-hybridized carbons (Fsp3) is 0.571. The number of guanidine groups is 2. The molecule has 3 aromatic rings. The Kier molecular flexibility index (Phi) is 27.3. The van der Waals surface area contributed by atoms with Crippen LogP contribution in [-0.4, -0.2) is 320 Å². The highest BCUT2D eigenvalue weighted by Crippen LogP contribution is 2.33. The molecule has 545 valence electrons. The first-order valence-corrected chi connectivity index (χ1v) is 31.8. The van der Waals surface area contributed by atoms with Gasteiger partial charge in [0.15, 0.2) is 24.4 Å². The number of carbonyl (C=O) groups is 4. The summed E-state index contributed by atoms with van der Waals surface area (Å²) in [6.07, 6.45) is -26.2. The quantitative estimate of drug-likeness (QED) is 0.0266. The number of nitrogens with zero attached hydrogens (tertiary/aromatic N) is 2. The van der Waals surface area contributed by atoms with Gasteiger partial charge in [-0.25, -0.2) is 0 Å². The van der Waals surface area contributed by atoms with Crippen molar-refractivity contribution in [2.45, 2.75) is 166 Å². The van der Waals surface area contributed by atoms with E-state index in [0.717, 1.165) is 16.2 Å². The maximum atomic E-state index is 15.0. The molecule has 5 heterocycles. The first-order valence-electron chi connectivity index (χ1n) is 31.8. The third-order valence-electron chi connectivity index (χ3n) is 17.8. The van der Waals surface area contributed by atoms with Gasteiger partial charge < -0.3 is 148 Å². The zero-order valence-corrected chi connectivity index (χ0v) is 54.0. The van der Waals surface area contributed by atoms with Crippen LogP contribution in [0.4, 0.5) is 5.69 Å². The zero-order valence-electron chi connectivity index (χ0n) is 54.0. The molecule has 24 N–H and O–H groups in total. The number of ether oxygens (including phenoxy) is 6. The molecule has 36 nitrogen and oxygen atoms in total. The SMILES string of the molecule is CC(c1ccccc1)[C@H](N)C(=O)N[C@@H](Cc1ccc(OC2OC(CO)C(OC3OC(COCC=Cc4ccc(N(C)C)cc4)C(O)C(O)C3O)C(O)C2O)cc1)C(=O)N[C@H](C(=O)N[C@H](C(=O)N[C@H]([C]=O)CO)C(O)C1CNC(=N)N1C1OC(CO)C(O)C(O)C1O)C(O)C1CNC(=N)N1. The molecule has 3 aromatic carbocycles. The highest BCUT2D eigenvalue weighted by molar-refractivity contribution is 5.96. The molecule has 25 atom stereocenters. The van der Waals surface area contributed by atoms with Crippen LogP contribution in [0.1, 0.15) is 29.5 Å². The van der Waals surface area contributed by atoms with E-state index in [0.29, 0.717) is 5.56 Å².